The lowest BCUT2D eigenvalue weighted by atomic mass is 9.96. The Morgan fingerprint density at radius 3 is 2.11 bits per heavy atom. The second-order valence-electron chi connectivity index (χ2n) is 6.55. The van der Waals surface area contributed by atoms with Gasteiger partial charge in [-0.2, -0.15) is 0 Å². The van der Waals surface area contributed by atoms with Crippen LogP contribution in [0.4, 0.5) is 0 Å². The van der Waals surface area contributed by atoms with E-state index in [1.807, 2.05) is 0 Å². The van der Waals surface area contributed by atoms with Crippen molar-refractivity contribution in [2.24, 2.45) is 0 Å². The topological polar surface area (TPSA) is 204 Å². The van der Waals surface area contributed by atoms with Gasteiger partial charge in [0, 0.05) is 14.0 Å². The molecule has 0 radical (unpaired) electrons. The summed E-state index contributed by atoms with van der Waals surface area (Å²) in [6.45, 7) is 0.711. The summed E-state index contributed by atoms with van der Waals surface area (Å²) in [6, 6.07) is -1.06. The van der Waals surface area contributed by atoms with Gasteiger partial charge < -0.3 is 54.9 Å². The minimum atomic E-state index is -1.87. The molecule has 2 aliphatic heterocycles. The summed E-state index contributed by atoms with van der Waals surface area (Å²) < 4.78 is 20.7. The number of ether oxygens (including phenoxy) is 4. The number of carbonyl (C=O) groups excluding carboxylic acids is 1. The molecule has 0 aliphatic carbocycles. The number of methoxy groups -OCH3 is 1. The molecule has 2 fully saturated rings. The third-order valence-electron chi connectivity index (χ3n) is 4.54. The highest BCUT2D eigenvalue weighted by molar-refractivity contribution is 5.73. The first-order chi connectivity index (χ1) is 13.1. The van der Waals surface area contributed by atoms with E-state index < -0.39 is 79.8 Å². The van der Waals surface area contributed by atoms with Crippen molar-refractivity contribution >= 4 is 11.9 Å². The van der Waals surface area contributed by atoms with Crippen molar-refractivity contribution in [1.82, 2.24) is 5.32 Å². The highest BCUT2D eigenvalue weighted by Gasteiger charge is 2.49. The Labute approximate surface area is 159 Å². The molecule has 162 valence electrons. The number of carbonyl (C=O) groups is 2. The van der Waals surface area contributed by atoms with E-state index in [9.17, 15) is 35.1 Å². The van der Waals surface area contributed by atoms with Crippen LogP contribution in [0.1, 0.15) is 6.92 Å². The fourth-order valence-corrected chi connectivity index (χ4v) is 3.04. The van der Waals surface area contributed by atoms with Gasteiger partial charge in [-0.25, -0.2) is 4.79 Å². The zero-order chi connectivity index (χ0) is 21.2. The number of nitrogens with one attached hydrogen (secondary N) is 1. The summed E-state index contributed by atoms with van der Waals surface area (Å²) in [5.74, 6) is -2.06. The first-order valence-corrected chi connectivity index (χ1v) is 8.44. The summed E-state index contributed by atoms with van der Waals surface area (Å²) in [6.07, 6.45) is -14.3. The third-order valence-corrected chi connectivity index (χ3v) is 4.54. The molecule has 13 heteroatoms. The predicted octanol–water partition coefficient (Wildman–Crippen LogP) is -4.51. The van der Waals surface area contributed by atoms with Gasteiger partial charge in [0.2, 0.25) is 5.91 Å². The summed E-state index contributed by atoms with van der Waals surface area (Å²) in [4.78, 5) is 22.3. The fourth-order valence-electron chi connectivity index (χ4n) is 3.04. The van der Waals surface area contributed by atoms with Gasteiger partial charge in [-0.15, -0.1) is 0 Å². The first kappa shape index (κ1) is 22.9. The van der Waals surface area contributed by atoms with Gasteiger partial charge in [0.05, 0.1) is 6.61 Å². The zero-order valence-electron chi connectivity index (χ0n) is 15.1. The molecule has 0 unspecified atom stereocenters. The molecule has 2 rings (SSSR count). The van der Waals surface area contributed by atoms with E-state index >= 15 is 0 Å². The zero-order valence-corrected chi connectivity index (χ0v) is 15.1. The van der Waals surface area contributed by atoms with Gasteiger partial charge in [-0.05, 0) is 0 Å². The molecular formula is C15H25NO12. The van der Waals surface area contributed by atoms with Crippen LogP contribution in [0.25, 0.3) is 0 Å². The van der Waals surface area contributed by atoms with Crippen molar-refractivity contribution in [3.05, 3.63) is 0 Å². The number of carboxylic acid groups (broad SMARTS) is 1. The molecule has 10 atom stereocenters. The van der Waals surface area contributed by atoms with E-state index in [0.717, 1.165) is 0 Å². The summed E-state index contributed by atoms with van der Waals surface area (Å²) in [5.41, 5.74) is 0. The van der Waals surface area contributed by atoms with Gasteiger partial charge in [-0.3, -0.25) is 4.79 Å². The van der Waals surface area contributed by atoms with E-state index in [4.69, 9.17) is 24.1 Å². The first-order valence-electron chi connectivity index (χ1n) is 8.44. The van der Waals surface area contributed by atoms with Crippen LogP contribution >= 0.6 is 0 Å². The van der Waals surface area contributed by atoms with E-state index in [2.05, 4.69) is 5.32 Å². The Morgan fingerprint density at radius 2 is 1.57 bits per heavy atom. The van der Waals surface area contributed by atoms with Crippen LogP contribution in [0, 0.1) is 0 Å². The highest BCUT2D eigenvalue weighted by Crippen LogP contribution is 2.26. The standard InChI is InChI=1S/C15H25NO12/c1-4(17)16-6-8(19)7(18)5(27-14(6)25-2)3-26-15-11(22)9(20)10(21)12(28-15)13(23)24/h5-12,14-15,18-22H,3H2,1-2H3,(H,16,17)(H,23,24)/t5-,6-,7-,8-,9+,10+,11-,12+,14-,15-/m1/s1. The van der Waals surface area contributed by atoms with Gasteiger partial charge >= 0.3 is 5.97 Å². The molecule has 28 heavy (non-hydrogen) atoms. The summed E-state index contributed by atoms with van der Waals surface area (Å²) in [7, 11) is 1.25. The minimum absolute atomic E-state index is 0.484. The Kier molecular flexibility index (Phi) is 7.66. The average Bonchev–Trinajstić information content (AvgIpc) is 2.63. The molecule has 13 nitrogen and oxygen atoms in total. The van der Waals surface area contributed by atoms with Crippen LogP contribution in [0.2, 0.25) is 0 Å². The maximum absolute atomic E-state index is 11.2. The quantitative estimate of drug-likeness (QED) is 0.221. The Morgan fingerprint density at radius 1 is 0.929 bits per heavy atom. The van der Waals surface area contributed by atoms with Crippen molar-refractivity contribution < 1.29 is 59.2 Å². The summed E-state index contributed by atoms with van der Waals surface area (Å²) >= 11 is 0. The van der Waals surface area contributed by atoms with E-state index in [0.29, 0.717) is 0 Å². The van der Waals surface area contributed by atoms with E-state index in [1.54, 1.807) is 0 Å². The Hall–Kier alpha value is -1.42. The highest BCUT2D eigenvalue weighted by atomic mass is 16.7. The van der Waals surface area contributed by atoms with Crippen molar-refractivity contribution in [2.75, 3.05) is 13.7 Å². The van der Waals surface area contributed by atoms with Crippen molar-refractivity contribution in [2.45, 2.75) is 68.3 Å². The van der Waals surface area contributed by atoms with Gasteiger partial charge in [0.1, 0.15) is 42.7 Å². The third kappa shape index (κ3) is 4.76. The second-order valence-corrected chi connectivity index (χ2v) is 6.55. The number of hydrogen-bond acceptors (Lipinski definition) is 11. The smallest absolute Gasteiger partial charge is 0.335 e. The minimum Gasteiger partial charge on any atom is -0.479 e. The molecule has 0 spiro atoms. The largest absolute Gasteiger partial charge is 0.479 e. The molecule has 2 saturated heterocycles. The molecule has 7 N–H and O–H groups in total. The normalized spacial score (nSPS) is 44.1. The van der Waals surface area contributed by atoms with E-state index in [-0.39, 0.29) is 0 Å². The van der Waals surface area contributed by atoms with Crippen LogP contribution in [0.3, 0.4) is 0 Å². The number of rotatable bonds is 6. The number of aliphatic hydroxyl groups is 5. The molecular weight excluding hydrogens is 386 g/mol. The predicted molar refractivity (Wildman–Crippen MR) is 85.6 cm³/mol. The van der Waals surface area contributed by atoms with Crippen molar-refractivity contribution in [3.8, 4) is 0 Å². The van der Waals surface area contributed by atoms with Crippen LogP contribution in [0.15, 0.2) is 0 Å². The Balaban J connectivity index is 2.03. The number of aliphatic hydroxyl groups excluding tert-OH is 5. The molecule has 0 aromatic carbocycles. The molecule has 0 aromatic rings. The summed E-state index contributed by atoms with van der Waals surface area (Å²) in [5, 5.41) is 61.2. The monoisotopic (exact) mass is 411 g/mol. The molecule has 0 saturated carbocycles. The molecule has 2 heterocycles. The SMILES string of the molecule is CO[C@@H]1O[C@H](CO[C@@H]2O[C@H](C(=O)O)[C@@H](O)[C@H](O)[C@H]2O)[C@@H](O)[C@H](O)[C@H]1NC(C)=O. The van der Waals surface area contributed by atoms with Crippen LogP contribution in [0.5, 0.6) is 0 Å². The van der Waals surface area contributed by atoms with Crippen LogP contribution in [-0.2, 0) is 28.5 Å². The van der Waals surface area contributed by atoms with Crippen LogP contribution < -0.4 is 5.32 Å². The molecule has 0 bridgehead atoms. The Bertz CT molecular complexity index is 559. The number of amides is 1. The van der Waals surface area contributed by atoms with Crippen molar-refractivity contribution in [3.63, 3.8) is 0 Å². The number of carboxylic acids is 1. The fraction of sp³-hybridized carbons (Fsp3) is 0.867. The molecule has 2 aliphatic rings. The van der Waals surface area contributed by atoms with Gasteiger partial charge in [-0.1, -0.05) is 0 Å². The number of aliphatic carboxylic acids is 1. The second kappa shape index (κ2) is 9.39. The molecule has 1 amide bonds. The molecule has 0 aromatic heterocycles. The van der Waals surface area contributed by atoms with Gasteiger partial charge in [0.25, 0.3) is 0 Å². The van der Waals surface area contributed by atoms with Gasteiger partial charge in [0.15, 0.2) is 18.7 Å². The lowest BCUT2D eigenvalue weighted by molar-refractivity contribution is -0.314. The van der Waals surface area contributed by atoms with Crippen molar-refractivity contribution in [1.29, 1.82) is 0 Å². The average molecular weight is 411 g/mol. The lowest BCUT2D eigenvalue weighted by Gasteiger charge is -2.43. The number of hydrogen-bond donors (Lipinski definition) is 7. The maximum atomic E-state index is 11.2. The van der Waals surface area contributed by atoms with E-state index in [1.165, 1.54) is 14.0 Å². The van der Waals surface area contributed by atoms with Crippen LogP contribution in [-0.4, -0.2) is 118 Å². The maximum Gasteiger partial charge on any atom is 0.335 e. The lowest BCUT2D eigenvalue weighted by Crippen LogP contribution is -2.65.